The van der Waals surface area contributed by atoms with E-state index >= 15 is 0 Å². The minimum Gasteiger partial charge on any atom is -0.508 e. The Morgan fingerprint density at radius 2 is 1.29 bits per heavy atom. The Morgan fingerprint density at radius 1 is 0.742 bits per heavy atom. The Hall–Kier alpha value is -4.46. The second-order valence-corrected chi connectivity index (χ2v) is 6.79. The largest absolute Gasteiger partial charge is 0.508 e. The number of hydrogen-bond acceptors (Lipinski definition) is 7. The second-order valence-electron chi connectivity index (χ2n) is 6.79. The topological polar surface area (TPSA) is 113 Å². The van der Waals surface area contributed by atoms with Gasteiger partial charge in [0.05, 0.1) is 27.7 Å². The van der Waals surface area contributed by atoms with Gasteiger partial charge < -0.3 is 5.11 Å². The molecule has 8 heteroatoms. The molecule has 0 aromatic heterocycles. The molecule has 4 aromatic rings. The summed E-state index contributed by atoms with van der Waals surface area (Å²) in [5.41, 5.74) is 3.21. The Labute approximate surface area is 177 Å². The molecule has 0 amide bonds. The number of aromatic hydroxyl groups is 1. The maximum atomic E-state index is 10.8. The molecule has 0 saturated heterocycles. The van der Waals surface area contributed by atoms with Crippen LogP contribution in [0.1, 0.15) is 5.56 Å². The average molecular weight is 411 g/mol. The highest BCUT2D eigenvalue weighted by atomic mass is 16.6. The summed E-state index contributed by atoms with van der Waals surface area (Å²) in [4.78, 5) is 10.3. The van der Waals surface area contributed by atoms with E-state index in [1.54, 1.807) is 43.3 Å². The SMILES string of the molecule is Cc1cc(N=Nc2ccc(N=Nc3ccc([N+](=O)[O-])cc3)c3ccccc23)ccc1O. The third-order valence-corrected chi connectivity index (χ3v) is 4.67. The normalized spacial score (nSPS) is 11.5. The van der Waals surface area contributed by atoms with Crippen molar-refractivity contribution in [2.75, 3.05) is 0 Å². The van der Waals surface area contributed by atoms with Crippen molar-refractivity contribution in [1.29, 1.82) is 0 Å². The summed E-state index contributed by atoms with van der Waals surface area (Å²) in [6.07, 6.45) is 0. The smallest absolute Gasteiger partial charge is 0.269 e. The predicted molar refractivity (Wildman–Crippen MR) is 118 cm³/mol. The number of nitro groups is 1. The summed E-state index contributed by atoms with van der Waals surface area (Å²) >= 11 is 0. The Balaban J connectivity index is 1.65. The number of azo groups is 2. The average Bonchev–Trinajstić information content (AvgIpc) is 2.79. The fourth-order valence-corrected chi connectivity index (χ4v) is 3.01. The van der Waals surface area contributed by atoms with Crippen molar-refractivity contribution < 1.29 is 10.0 Å². The van der Waals surface area contributed by atoms with Gasteiger partial charge in [0.15, 0.2) is 0 Å². The highest BCUT2D eigenvalue weighted by Gasteiger charge is 2.07. The molecule has 0 unspecified atom stereocenters. The first-order valence-electron chi connectivity index (χ1n) is 9.40. The summed E-state index contributed by atoms with van der Waals surface area (Å²) in [6.45, 7) is 1.80. The van der Waals surface area contributed by atoms with Crippen LogP contribution in [0.3, 0.4) is 0 Å². The predicted octanol–water partition coefficient (Wildman–Crippen LogP) is 7.59. The van der Waals surface area contributed by atoms with Gasteiger partial charge in [0.2, 0.25) is 0 Å². The molecule has 0 heterocycles. The van der Waals surface area contributed by atoms with Crippen molar-refractivity contribution in [3.05, 3.63) is 94.5 Å². The van der Waals surface area contributed by atoms with E-state index in [9.17, 15) is 15.2 Å². The van der Waals surface area contributed by atoms with Crippen LogP contribution < -0.4 is 0 Å². The molecular formula is C23H17N5O3. The van der Waals surface area contributed by atoms with E-state index < -0.39 is 4.92 Å². The van der Waals surface area contributed by atoms with Crippen LogP contribution in [0.4, 0.5) is 28.4 Å². The summed E-state index contributed by atoms with van der Waals surface area (Å²) in [6, 6.07) is 22.2. The van der Waals surface area contributed by atoms with E-state index in [2.05, 4.69) is 20.5 Å². The summed E-state index contributed by atoms with van der Waals surface area (Å²) in [5.74, 6) is 0.215. The van der Waals surface area contributed by atoms with Crippen molar-refractivity contribution in [2.45, 2.75) is 6.92 Å². The van der Waals surface area contributed by atoms with Crippen molar-refractivity contribution in [3.63, 3.8) is 0 Å². The number of fused-ring (bicyclic) bond motifs is 1. The lowest BCUT2D eigenvalue weighted by atomic mass is 10.1. The number of aryl methyl sites for hydroxylation is 1. The van der Waals surface area contributed by atoms with Gasteiger partial charge in [-0.05, 0) is 55.0 Å². The highest BCUT2D eigenvalue weighted by molar-refractivity contribution is 5.99. The quantitative estimate of drug-likeness (QED) is 0.207. The van der Waals surface area contributed by atoms with Gasteiger partial charge in [0, 0.05) is 22.9 Å². The number of rotatable bonds is 5. The lowest BCUT2D eigenvalue weighted by Gasteiger charge is -2.04. The molecular weight excluding hydrogens is 394 g/mol. The molecule has 0 radical (unpaired) electrons. The first kappa shape index (κ1) is 19.8. The summed E-state index contributed by atoms with van der Waals surface area (Å²) in [7, 11) is 0. The maximum Gasteiger partial charge on any atom is 0.269 e. The fourth-order valence-electron chi connectivity index (χ4n) is 3.01. The van der Waals surface area contributed by atoms with Gasteiger partial charge in [0.25, 0.3) is 5.69 Å². The third-order valence-electron chi connectivity index (χ3n) is 4.67. The van der Waals surface area contributed by atoms with E-state index in [4.69, 9.17) is 0 Å². The molecule has 0 bridgehead atoms. The zero-order valence-corrected chi connectivity index (χ0v) is 16.5. The summed E-state index contributed by atoms with van der Waals surface area (Å²) in [5, 5.41) is 39.3. The standard InChI is InChI=1S/C23H17N5O3/c1-15-14-17(8-13-23(15)29)25-27-22-12-11-21(19-4-2-3-5-20(19)22)26-24-16-6-9-18(10-7-16)28(30)31/h2-14,29H,1H3. The molecule has 0 aliphatic carbocycles. The van der Waals surface area contributed by atoms with Gasteiger partial charge >= 0.3 is 0 Å². The van der Waals surface area contributed by atoms with E-state index in [0.29, 0.717) is 22.7 Å². The van der Waals surface area contributed by atoms with Crippen LogP contribution in [-0.4, -0.2) is 10.0 Å². The first-order chi connectivity index (χ1) is 15.0. The van der Waals surface area contributed by atoms with Crippen LogP contribution in [0, 0.1) is 17.0 Å². The van der Waals surface area contributed by atoms with Crippen molar-refractivity contribution in [1.82, 2.24) is 0 Å². The molecule has 4 rings (SSSR count). The molecule has 31 heavy (non-hydrogen) atoms. The lowest BCUT2D eigenvalue weighted by molar-refractivity contribution is -0.384. The maximum absolute atomic E-state index is 10.8. The van der Waals surface area contributed by atoms with Crippen molar-refractivity contribution >= 4 is 39.2 Å². The van der Waals surface area contributed by atoms with Gasteiger partial charge in [-0.25, -0.2) is 0 Å². The molecule has 8 nitrogen and oxygen atoms in total. The van der Waals surface area contributed by atoms with Gasteiger partial charge in [-0.1, -0.05) is 24.3 Å². The number of non-ortho nitro benzene ring substituents is 1. The van der Waals surface area contributed by atoms with Gasteiger partial charge in [-0.15, -0.1) is 10.2 Å². The molecule has 0 aliphatic heterocycles. The summed E-state index contributed by atoms with van der Waals surface area (Å²) < 4.78 is 0. The number of phenols is 1. The van der Waals surface area contributed by atoms with Crippen LogP contribution in [0.2, 0.25) is 0 Å². The minimum absolute atomic E-state index is 0.00272. The zero-order valence-electron chi connectivity index (χ0n) is 16.5. The molecule has 0 aliphatic rings. The van der Waals surface area contributed by atoms with Crippen LogP contribution in [0.15, 0.2) is 99.3 Å². The fraction of sp³-hybridized carbons (Fsp3) is 0.0435. The number of nitrogens with zero attached hydrogens (tertiary/aromatic N) is 5. The molecule has 0 fully saturated rings. The third kappa shape index (κ3) is 4.43. The van der Waals surface area contributed by atoms with E-state index in [1.165, 1.54) is 12.1 Å². The number of phenolic OH excluding ortho intramolecular Hbond substituents is 1. The van der Waals surface area contributed by atoms with Crippen LogP contribution in [0.5, 0.6) is 5.75 Å². The van der Waals surface area contributed by atoms with E-state index in [1.807, 2.05) is 30.3 Å². The first-order valence-corrected chi connectivity index (χ1v) is 9.40. The molecule has 152 valence electrons. The zero-order chi connectivity index (χ0) is 21.8. The van der Waals surface area contributed by atoms with Crippen molar-refractivity contribution in [2.24, 2.45) is 20.5 Å². The van der Waals surface area contributed by atoms with Crippen LogP contribution >= 0.6 is 0 Å². The lowest BCUT2D eigenvalue weighted by Crippen LogP contribution is -1.85. The Kier molecular flexibility index (Phi) is 5.44. The van der Waals surface area contributed by atoms with Crippen molar-refractivity contribution in [3.8, 4) is 5.75 Å². The minimum atomic E-state index is -0.457. The Bertz CT molecular complexity index is 1330. The number of hydrogen-bond donors (Lipinski definition) is 1. The highest BCUT2D eigenvalue weighted by Crippen LogP contribution is 2.35. The number of nitro benzene ring substituents is 1. The number of benzene rings is 4. The molecule has 0 atom stereocenters. The molecule has 0 saturated carbocycles. The van der Waals surface area contributed by atoms with Crippen LogP contribution in [-0.2, 0) is 0 Å². The Morgan fingerprint density at radius 3 is 1.84 bits per heavy atom. The van der Waals surface area contributed by atoms with E-state index in [0.717, 1.165) is 16.3 Å². The monoisotopic (exact) mass is 411 g/mol. The van der Waals surface area contributed by atoms with Gasteiger partial charge in [0.1, 0.15) is 5.75 Å². The van der Waals surface area contributed by atoms with Crippen LogP contribution in [0.25, 0.3) is 10.8 Å². The molecule has 4 aromatic carbocycles. The van der Waals surface area contributed by atoms with E-state index in [-0.39, 0.29) is 11.4 Å². The van der Waals surface area contributed by atoms with Gasteiger partial charge in [-0.3, -0.25) is 10.1 Å². The van der Waals surface area contributed by atoms with Gasteiger partial charge in [-0.2, -0.15) is 10.2 Å². The molecule has 1 N–H and O–H groups in total. The second kappa shape index (κ2) is 8.50. The molecule has 0 spiro atoms.